The summed E-state index contributed by atoms with van der Waals surface area (Å²) in [7, 11) is 0. The molecule has 5 rings (SSSR count). The van der Waals surface area contributed by atoms with E-state index < -0.39 is 0 Å². The van der Waals surface area contributed by atoms with E-state index in [4.69, 9.17) is 4.98 Å². The molecule has 0 saturated carbocycles. The van der Waals surface area contributed by atoms with Gasteiger partial charge in [-0.2, -0.15) is 0 Å². The third kappa shape index (κ3) is 7.63. The number of hydrogen-bond donors (Lipinski definition) is 1. The van der Waals surface area contributed by atoms with Crippen molar-refractivity contribution in [3.05, 3.63) is 89.5 Å². The second kappa shape index (κ2) is 14.2. The summed E-state index contributed by atoms with van der Waals surface area (Å²) in [5, 5.41) is 4.21. The van der Waals surface area contributed by atoms with Gasteiger partial charge in [-0.1, -0.05) is 69.9 Å². The van der Waals surface area contributed by atoms with Gasteiger partial charge < -0.3 is 9.62 Å². The van der Waals surface area contributed by atoms with Crippen LogP contribution in [-0.4, -0.2) is 23.2 Å². The highest BCUT2D eigenvalue weighted by Gasteiger charge is 2.15. The Labute approximate surface area is 238 Å². The number of aryl methyl sites for hydroxylation is 2. The average molecular weight is 540 g/mol. The first kappa shape index (κ1) is 28.7. The molecular weight excluding hydrogens is 498 g/mol. The smallest absolute Gasteiger partial charge is 0.255 e. The lowest BCUT2D eigenvalue weighted by molar-refractivity contribution is 0.102. The molecule has 0 spiro atoms. The topological polar surface area (TPSA) is 45.2 Å². The minimum Gasteiger partial charge on any atom is -0.322 e. The van der Waals surface area contributed by atoms with Crippen molar-refractivity contribution in [2.75, 3.05) is 21.9 Å². The van der Waals surface area contributed by atoms with Gasteiger partial charge in [-0.3, -0.25) is 4.79 Å². The van der Waals surface area contributed by atoms with E-state index >= 15 is 0 Å². The van der Waals surface area contributed by atoms with E-state index in [2.05, 4.69) is 54.7 Å². The number of nitrogens with one attached hydrogen (secondary N) is 1. The zero-order valence-electron chi connectivity index (χ0n) is 23.8. The number of rotatable bonds is 6. The first-order valence-electron chi connectivity index (χ1n) is 14.3. The molecule has 4 nitrogen and oxygen atoms in total. The van der Waals surface area contributed by atoms with Gasteiger partial charge in [0.2, 0.25) is 0 Å². The van der Waals surface area contributed by atoms with Gasteiger partial charge >= 0.3 is 0 Å². The molecule has 0 aliphatic carbocycles. The van der Waals surface area contributed by atoms with Gasteiger partial charge in [0.15, 0.2) is 0 Å². The maximum atomic E-state index is 13.1. The Balaban J connectivity index is 0.000000648. The molecule has 1 amide bonds. The van der Waals surface area contributed by atoms with Crippen molar-refractivity contribution in [2.24, 2.45) is 0 Å². The van der Waals surface area contributed by atoms with Crippen LogP contribution in [-0.2, 0) is 0 Å². The number of carbonyl (C=O) groups is 1. The van der Waals surface area contributed by atoms with Gasteiger partial charge in [0.05, 0.1) is 11.2 Å². The van der Waals surface area contributed by atoms with E-state index in [9.17, 15) is 4.79 Å². The van der Waals surface area contributed by atoms with Crippen LogP contribution in [0.1, 0.15) is 73.9 Å². The predicted octanol–water partition coefficient (Wildman–Crippen LogP) is 9.61. The number of fused-ring (bicyclic) bond motifs is 1. The van der Waals surface area contributed by atoms with Crippen molar-refractivity contribution in [1.29, 1.82) is 0 Å². The van der Waals surface area contributed by atoms with Crippen LogP contribution < -0.4 is 9.62 Å². The van der Waals surface area contributed by atoms with Gasteiger partial charge in [-0.25, -0.2) is 4.98 Å². The monoisotopic (exact) mass is 539 g/mol. The second-order valence-corrected chi connectivity index (χ2v) is 11.3. The first-order valence-corrected chi connectivity index (χ1v) is 15.2. The molecule has 4 aromatic rings. The van der Waals surface area contributed by atoms with Crippen molar-refractivity contribution in [1.82, 2.24) is 4.98 Å². The van der Waals surface area contributed by atoms with Crippen LogP contribution in [0.2, 0.25) is 0 Å². The number of unbranched alkanes of at least 4 members (excludes halogenated alkanes) is 2. The molecule has 1 aromatic heterocycles. The number of pyridine rings is 1. The number of anilines is 2. The van der Waals surface area contributed by atoms with Crippen LogP contribution >= 0.6 is 11.9 Å². The second-order valence-electron chi connectivity index (χ2n) is 10.2. The van der Waals surface area contributed by atoms with Gasteiger partial charge in [0, 0.05) is 40.2 Å². The van der Waals surface area contributed by atoms with E-state index in [1.54, 1.807) is 0 Å². The van der Waals surface area contributed by atoms with Crippen LogP contribution in [0.3, 0.4) is 0 Å². The quantitative estimate of drug-likeness (QED) is 0.248. The predicted molar refractivity (Wildman–Crippen MR) is 170 cm³/mol. The van der Waals surface area contributed by atoms with Crippen LogP contribution in [0.5, 0.6) is 0 Å². The molecule has 1 aliphatic rings. The van der Waals surface area contributed by atoms with Crippen LogP contribution in [0.25, 0.3) is 22.2 Å². The van der Waals surface area contributed by atoms with Crippen molar-refractivity contribution < 1.29 is 4.79 Å². The summed E-state index contributed by atoms with van der Waals surface area (Å²) in [4.78, 5) is 18.0. The molecule has 0 bridgehead atoms. The molecule has 1 saturated heterocycles. The number of carbonyl (C=O) groups excluding carboxylic acids is 1. The van der Waals surface area contributed by atoms with Gasteiger partial charge in [0.25, 0.3) is 5.91 Å². The average Bonchev–Trinajstić information content (AvgIpc) is 3.24. The SMILES string of the molecule is CCCCC.Cc1cc(N2CCCCCS2)ccc1C(=O)Nc1ccc(C)c(-c2ccc3ccccc3n2)c1. The number of para-hydroxylation sites is 1. The Morgan fingerprint density at radius 1 is 0.897 bits per heavy atom. The summed E-state index contributed by atoms with van der Waals surface area (Å²) in [6.45, 7) is 9.57. The van der Waals surface area contributed by atoms with Gasteiger partial charge in [-0.15, -0.1) is 0 Å². The zero-order valence-corrected chi connectivity index (χ0v) is 24.6. The number of amides is 1. The molecule has 3 aromatic carbocycles. The number of nitrogens with zero attached hydrogens (tertiary/aromatic N) is 2. The lowest BCUT2D eigenvalue weighted by atomic mass is 10.0. The van der Waals surface area contributed by atoms with Crippen molar-refractivity contribution in [2.45, 2.75) is 66.2 Å². The third-order valence-corrected chi connectivity index (χ3v) is 8.25. The molecule has 0 radical (unpaired) electrons. The van der Waals surface area contributed by atoms with Crippen LogP contribution in [0.15, 0.2) is 72.8 Å². The van der Waals surface area contributed by atoms with Gasteiger partial charge in [0.1, 0.15) is 0 Å². The maximum Gasteiger partial charge on any atom is 0.255 e. The summed E-state index contributed by atoms with van der Waals surface area (Å²) in [6.07, 6.45) is 7.85. The minimum absolute atomic E-state index is 0.0890. The number of hydrogen-bond acceptors (Lipinski definition) is 4. The van der Waals surface area contributed by atoms with Crippen LogP contribution in [0, 0.1) is 13.8 Å². The van der Waals surface area contributed by atoms with Crippen molar-refractivity contribution in [3.63, 3.8) is 0 Å². The third-order valence-electron chi connectivity index (χ3n) is 7.07. The Hall–Kier alpha value is -3.31. The fraction of sp³-hybridized carbons (Fsp3) is 0.353. The largest absolute Gasteiger partial charge is 0.322 e. The van der Waals surface area contributed by atoms with Crippen molar-refractivity contribution in [3.8, 4) is 11.3 Å². The summed E-state index contributed by atoms with van der Waals surface area (Å²) in [5.74, 6) is 1.07. The molecule has 39 heavy (non-hydrogen) atoms. The first-order chi connectivity index (χ1) is 19.0. The van der Waals surface area contributed by atoms with E-state index in [1.807, 2.05) is 67.4 Å². The Morgan fingerprint density at radius 2 is 1.72 bits per heavy atom. The Morgan fingerprint density at radius 3 is 2.49 bits per heavy atom. The lowest BCUT2D eigenvalue weighted by Crippen LogP contribution is -2.17. The van der Waals surface area contributed by atoms with E-state index in [1.165, 1.54) is 44.2 Å². The molecule has 1 fully saturated rings. The number of aromatic nitrogens is 1. The molecule has 0 unspecified atom stereocenters. The van der Waals surface area contributed by atoms with E-state index in [0.717, 1.165) is 51.3 Å². The maximum absolute atomic E-state index is 13.1. The van der Waals surface area contributed by atoms with Crippen molar-refractivity contribution >= 4 is 40.1 Å². The summed E-state index contributed by atoms with van der Waals surface area (Å²) < 4.78 is 2.37. The highest BCUT2D eigenvalue weighted by atomic mass is 32.2. The zero-order chi connectivity index (χ0) is 27.6. The Kier molecular flexibility index (Phi) is 10.4. The molecule has 2 heterocycles. The highest BCUT2D eigenvalue weighted by Crippen LogP contribution is 2.30. The summed E-state index contributed by atoms with van der Waals surface area (Å²) in [6, 6.07) is 24.4. The molecular formula is C34H41N3OS. The summed E-state index contributed by atoms with van der Waals surface area (Å²) in [5.41, 5.74) is 7.66. The lowest BCUT2D eigenvalue weighted by Gasteiger charge is -2.22. The van der Waals surface area contributed by atoms with Crippen LogP contribution in [0.4, 0.5) is 11.4 Å². The fourth-order valence-electron chi connectivity index (χ4n) is 4.78. The molecule has 1 N–H and O–H groups in total. The summed E-state index contributed by atoms with van der Waals surface area (Å²) >= 11 is 1.89. The minimum atomic E-state index is -0.0890. The highest BCUT2D eigenvalue weighted by molar-refractivity contribution is 8.00. The fourth-order valence-corrected chi connectivity index (χ4v) is 5.85. The molecule has 1 aliphatic heterocycles. The molecule has 0 atom stereocenters. The normalized spacial score (nSPS) is 13.4. The van der Waals surface area contributed by atoms with E-state index in [0.29, 0.717) is 5.56 Å². The Bertz CT molecular complexity index is 1390. The number of benzene rings is 3. The van der Waals surface area contributed by atoms with Gasteiger partial charge in [-0.05, 0) is 92.2 Å². The standard InChI is InChI=1S/C29H29N3OS.C5H12/c1-20-10-12-23(19-26(20)28-15-11-22-8-4-5-9-27(22)31-28)30-29(33)25-14-13-24(18-21(25)2)32-16-6-3-7-17-34-32;1-3-5-4-2/h4-5,8-15,18-19H,3,6-7,16-17H2,1-2H3,(H,30,33);3-5H2,1-2H3. The molecule has 204 valence electrons. The molecule has 5 heteroatoms. The van der Waals surface area contributed by atoms with E-state index in [-0.39, 0.29) is 5.91 Å².